The van der Waals surface area contributed by atoms with E-state index in [-0.39, 0.29) is 12.1 Å². The van der Waals surface area contributed by atoms with E-state index in [1.807, 2.05) is 0 Å². The van der Waals surface area contributed by atoms with Gasteiger partial charge in [-0.2, -0.15) is 0 Å². The van der Waals surface area contributed by atoms with E-state index in [4.69, 9.17) is 10.8 Å². The van der Waals surface area contributed by atoms with Crippen LogP contribution >= 0.6 is 0 Å². The number of aliphatic hydroxyl groups excluding tert-OH is 1. The molecule has 0 aromatic heterocycles. The first-order chi connectivity index (χ1) is 5.53. The van der Waals surface area contributed by atoms with Gasteiger partial charge in [-0.25, -0.2) is 8.78 Å². The first kappa shape index (κ1) is 9.83. The molecule has 12 heavy (non-hydrogen) atoms. The number of rotatable bonds is 4. The highest BCUT2D eigenvalue weighted by Gasteiger charge is 2.32. The van der Waals surface area contributed by atoms with Gasteiger partial charge in [-0.1, -0.05) is 0 Å². The fraction of sp³-hybridized carbons (Fsp3) is 1.00. The Labute approximate surface area is 69.9 Å². The van der Waals surface area contributed by atoms with Crippen LogP contribution in [0.1, 0.15) is 12.8 Å². The number of aliphatic hydroxyl groups is 1. The average molecular weight is 180 g/mol. The minimum atomic E-state index is -3.00. The van der Waals surface area contributed by atoms with Crippen LogP contribution in [0, 0.1) is 0 Å². The quantitative estimate of drug-likeness (QED) is 0.556. The zero-order valence-electron chi connectivity index (χ0n) is 6.76. The molecule has 72 valence electrons. The monoisotopic (exact) mass is 180 g/mol. The predicted octanol–water partition coefficient (Wildman–Crippen LogP) is -0.307. The lowest BCUT2D eigenvalue weighted by Crippen LogP contribution is -2.51. The number of hydrogen-bond acceptors (Lipinski definition) is 3. The van der Waals surface area contributed by atoms with E-state index in [9.17, 15) is 8.78 Å². The summed E-state index contributed by atoms with van der Waals surface area (Å²) in [6.07, 6.45) is 1.50. The smallest absolute Gasteiger partial charge is 0.282 e. The molecule has 0 atom stereocenters. The molecular formula is C7H14F2N2O. The lowest BCUT2D eigenvalue weighted by molar-refractivity contribution is -0.0512. The molecule has 0 aromatic rings. The molecule has 1 rings (SSSR count). The Balaban J connectivity index is 2.10. The molecule has 0 aliphatic heterocycles. The summed E-state index contributed by atoms with van der Waals surface area (Å²) in [5.74, 6) is -3.00. The molecule has 4 N–H and O–H groups in total. The zero-order chi connectivity index (χ0) is 9.19. The van der Waals surface area contributed by atoms with Crippen molar-refractivity contribution >= 4 is 0 Å². The summed E-state index contributed by atoms with van der Waals surface area (Å²) < 4.78 is 24.9. The van der Waals surface area contributed by atoms with Crippen LogP contribution in [-0.4, -0.2) is 36.3 Å². The van der Waals surface area contributed by atoms with Gasteiger partial charge in [-0.05, 0) is 12.8 Å². The fourth-order valence-corrected chi connectivity index (χ4v) is 1.18. The van der Waals surface area contributed by atoms with Crippen molar-refractivity contribution in [3.8, 4) is 0 Å². The maximum atomic E-state index is 12.4. The molecular weight excluding hydrogens is 166 g/mol. The SMILES string of the molecule is NC1CC(NCC(F)(F)CO)C1. The Morgan fingerprint density at radius 1 is 1.50 bits per heavy atom. The van der Waals surface area contributed by atoms with Gasteiger partial charge in [-0.3, -0.25) is 0 Å². The Morgan fingerprint density at radius 2 is 2.08 bits per heavy atom. The Bertz CT molecular complexity index is 148. The Morgan fingerprint density at radius 3 is 2.50 bits per heavy atom. The summed E-state index contributed by atoms with van der Waals surface area (Å²) in [6.45, 7) is -1.56. The summed E-state index contributed by atoms with van der Waals surface area (Å²) in [4.78, 5) is 0. The van der Waals surface area contributed by atoms with E-state index in [0.717, 1.165) is 12.8 Å². The molecule has 1 aliphatic rings. The summed E-state index contributed by atoms with van der Waals surface area (Å²) >= 11 is 0. The molecule has 0 amide bonds. The number of nitrogens with one attached hydrogen (secondary N) is 1. The van der Waals surface area contributed by atoms with E-state index in [2.05, 4.69) is 5.32 Å². The number of hydrogen-bond donors (Lipinski definition) is 3. The lowest BCUT2D eigenvalue weighted by atomic mass is 9.87. The van der Waals surface area contributed by atoms with Crippen LogP contribution in [0.3, 0.4) is 0 Å². The minimum absolute atomic E-state index is 0.109. The summed E-state index contributed by atoms with van der Waals surface area (Å²) in [7, 11) is 0. The maximum Gasteiger partial charge on any atom is 0.282 e. The first-order valence-corrected chi connectivity index (χ1v) is 4.01. The minimum Gasteiger partial charge on any atom is -0.390 e. The second-order valence-corrected chi connectivity index (χ2v) is 3.32. The molecule has 0 bridgehead atoms. The van der Waals surface area contributed by atoms with Gasteiger partial charge < -0.3 is 16.2 Å². The molecule has 0 unspecified atom stereocenters. The van der Waals surface area contributed by atoms with Crippen LogP contribution in [0.2, 0.25) is 0 Å². The van der Waals surface area contributed by atoms with Gasteiger partial charge in [0, 0.05) is 12.1 Å². The van der Waals surface area contributed by atoms with Crippen molar-refractivity contribution in [2.45, 2.75) is 30.8 Å². The molecule has 5 heteroatoms. The van der Waals surface area contributed by atoms with Gasteiger partial charge in [0.15, 0.2) is 0 Å². The Kier molecular flexibility index (Phi) is 2.98. The summed E-state index contributed by atoms with van der Waals surface area (Å²) in [5, 5.41) is 10.9. The van der Waals surface area contributed by atoms with E-state index in [1.54, 1.807) is 0 Å². The van der Waals surface area contributed by atoms with Crippen molar-refractivity contribution in [1.82, 2.24) is 5.32 Å². The van der Waals surface area contributed by atoms with Gasteiger partial charge in [0.25, 0.3) is 5.92 Å². The third kappa shape index (κ3) is 2.66. The third-order valence-corrected chi connectivity index (χ3v) is 2.06. The molecule has 1 fully saturated rings. The van der Waals surface area contributed by atoms with Crippen molar-refractivity contribution in [3.05, 3.63) is 0 Å². The van der Waals surface area contributed by atoms with Gasteiger partial charge >= 0.3 is 0 Å². The normalized spacial score (nSPS) is 30.0. The van der Waals surface area contributed by atoms with Crippen molar-refractivity contribution in [2.24, 2.45) is 5.73 Å². The highest BCUT2D eigenvalue weighted by molar-refractivity contribution is 4.88. The molecule has 3 nitrogen and oxygen atoms in total. The Hall–Kier alpha value is -0.260. The fourth-order valence-electron chi connectivity index (χ4n) is 1.18. The largest absolute Gasteiger partial charge is 0.390 e. The zero-order valence-corrected chi connectivity index (χ0v) is 6.76. The van der Waals surface area contributed by atoms with E-state index >= 15 is 0 Å². The van der Waals surface area contributed by atoms with Crippen molar-refractivity contribution in [2.75, 3.05) is 13.2 Å². The lowest BCUT2D eigenvalue weighted by Gasteiger charge is -2.34. The number of alkyl halides is 2. The predicted molar refractivity (Wildman–Crippen MR) is 41.0 cm³/mol. The molecule has 0 aromatic carbocycles. The van der Waals surface area contributed by atoms with Gasteiger partial charge in [0.05, 0.1) is 6.54 Å². The molecule has 0 heterocycles. The first-order valence-electron chi connectivity index (χ1n) is 4.01. The molecule has 1 saturated carbocycles. The average Bonchev–Trinajstić information content (AvgIpc) is 1.96. The standard InChI is InChI=1S/C7H14F2N2O/c8-7(9,4-12)3-11-6-1-5(10)2-6/h5-6,11-12H,1-4,10H2. The second kappa shape index (κ2) is 3.64. The number of halogens is 2. The van der Waals surface area contributed by atoms with Crippen molar-refractivity contribution in [3.63, 3.8) is 0 Å². The molecule has 0 spiro atoms. The van der Waals surface area contributed by atoms with E-state index < -0.39 is 19.1 Å². The highest BCUT2D eigenvalue weighted by atomic mass is 19.3. The topological polar surface area (TPSA) is 58.3 Å². The summed E-state index contributed by atoms with van der Waals surface area (Å²) in [5.41, 5.74) is 5.46. The van der Waals surface area contributed by atoms with E-state index in [0.29, 0.717) is 0 Å². The molecule has 0 radical (unpaired) electrons. The van der Waals surface area contributed by atoms with Crippen LogP contribution in [0.4, 0.5) is 8.78 Å². The molecule has 0 saturated heterocycles. The highest BCUT2D eigenvalue weighted by Crippen LogP contribution is 2.19. The second-order valence-electron chi connectivity index (χ2n) is 3.32. The number of nitrogens with two attached hydrogens (primary N) is 1. The van der Waals surface area contributed by atoms with Crippen LogP contribution in [0.5, 0.6) is 0 Å². The van der Waals surface area contributed by atoms with Crippen LogP contribution < -0.4 is 11.1 Å². The summed E-state index contributed by atoms with van der Waals surface area (Å²) in [6, 6.07) is 0.266. The van der Waals surface area contributed by atoms with Gasteiger partial charge in [-0.15, -0.1) is 0 Å². The van der Waals surface area contributed by atoms with Crippen molar-refractivity contribution < 1.29 is 13.9 Å². The van der Waals surface area contributed by atoms with Crippen LogP contribution in [0.25, 0.3) is 0 Å². The maximum absolute atomic E-state index is 12.4. The van der Waals surface area contributed by atoms with Gasteiger partial charge in [0.2, 0.25) is 0 Å². The third-order valence-electron chi connectivity index (χ3n) is 2.06. The van der Waals surface area contributed by atoms with Crippen LogP contribution in [0.15, 0.2) is 0 Å². The van der Waals surface area contributed by atoms with Gasteiger partial charge in [0.1, 0.15) is 6.61 Å². The van der Waals surface area contributed by atoms with Crippen molar-refractivity contribution in [1.29, 1.82) is 0 Å². The molecule has 1 aliphatic carbocycles. The van der Waals surface area contributed by atoms with Crippen LogP contribution in [-0.2, 0) is 0 Å². The van der Waals surface area contributed by atoms with E-state index in [1.165, 1.54) is 0 Å².